The Kier molecular flexibility index (Phi) is 3.74. The SMILES string of the molecule is COc1ccc(C(=O)N2CCCC23CCCN(C2CC2)C3=O)cc1. The average molecular weight is 328 g/mol. The van der Waals surface area contributed by atoms with Gasteiger partial charge in [-0.3, -0.25) is 9.59 Å². The molecule has 2 aliphatic heterocycles. The molecule has 5 nitrogen and oxygen atoms in total. The van der Waals surface area contributed by atoms with Crippen LogP contribution in [0, 0.1) is 0 Å². The molecule has 3 fully saturated rings. The van der Waals surface area contributed by atoms with E-state index in [0.29, 0.717) is 18.2 Å². The van der Waals surface area contributed by atoms with Gasteiger partial charge in [0, 0.05) is 24.7 Å². The lowest BCUT2D eigenvalue weighted by atomic mass is 9.85. The summed E-state index contributed by atoms with van der Waals surface area (Å²) in [5, 5.41) is 0. The molecule has 1 unspecified atom stereocenters. The average Bonchev–Trinajstić information content (AvgIpc) is 3.37. The number of benzene rings is 1. The molecule has 1 aromatic rings. The van der Waals surface area contributed by atoms with Crippen LogP contribution in [0.1, 0.15) is 48.9 Å². The summed E-state index contributed by atoms with van der Waals surface area (Å²) in [6.07, 6.45) is 5.75. The number of amides is 2. The molecule has 1 aliphatic carbocycles. The van der Waals surface area contributed by atoms with Gasteiger partial charge in [-0.1, -0.05) is 0 Å². The zero-order chi connectivity index (χ0) is 16.7. The minimum absolute atomic E-state index is 0.0267. The largest absolute Gasteiger partial charge is 0.497 e. The fraction of sp³-hybridized carbons (Fsp3) is 0.579. The highest BCUT2D eigenvalue weighted by Crippen LogP contribution is 2.42. The Bertz CT molecular complexity index is 653. The molecule has 2 amide bonds. The number of nitrogens with zero attached hydrogens (tertiary/aromatic N) is 2. The zero-order valence-electron chi connectivity index (χ0n) is 14.2. The Morgan fingerprint density at radius 2 is 1.79 bits per heavy atom. The normalized spacial score (nSPS) is 27.0. The number of piperidine rings is 1. The molecule has 1 atom stereocenters. The summed E-state index contributed by atoms with van der Waals surface area (Å²) in [6, 6.07) is 7.61. The second-order valence-corrected chi connectivity index (χ2v) is 7.15. The Morgan fingerprint density at radius 1 is 1.12 bits per heavy atom. The van der Waals surface area contributed by atoms with Crippen LogP contribution in [0.3, 0.4) is 0 Å². The van der Waals surface area contributed by atoms with E-state index in [2.05, 4.69) is 0 Å². The van der Waals surface area contributed by atoms with Gasteiger partial charge in [-0.05, 0) is 62.8 Å². The van der Waals surface area contributed by atoms with Crippen molar-refractivity contribution in [1.82, 2.24) is 9.80 Å². The van der Waals surface area contributed by atoms with Crippen molar-refractivity contribution in [3.05, 3.63) is 29.8 Å². The molecular weight excluding hydrogens is 304 g/mol. The first-order chi connectivity index (χ1) is 11.7. The molecule has 24 heavy (non-hydrogen) atoms. The molecule has 4 rings (SSSR count). The molecule has 1 saturated carbocycles. The third-order valence-corrected chi connectivity index (χ3v) is 5.71. The van der Waals surface area contributed by atoms with Gasteiger partial charge >= 0.3 is 0 Å². The predicted octanol–water partition coefficient (Wildman–Crippen LogP) is 2.45. The maximum absolute atomic E-state index is 13.2. The second-order valence-electron chi connectivity index (χ2n) is 7.15. The molecule has 1 aromatic carbocycles. The molecular formula is C19H24N2O3. The molecule has 2 heterocycles. The van der Waals surface area contributed by atoms with Gasteiger partial charge in [0.1, 0.15) is 11.3 Å². The fourth-order valence-electron chi connectivity index (χ4n) is 4.30. The van der Waals surface area contributed by atoms with Crippen molar-refractivity contribution < 1.29 is 14.3 Å². The van der Waals surface area contributed by atoms with Crippen LogP contribution < -0.4 is 4.74 Å². The Labute approximate surface area is 142 Å². The lowest BCUT2D eigenvalue weighted by Gasteiger charge is -2.44. The predicted molar refractivity (Wildman–Crippen MR) is 90.0 cm³/mol. The lowest BCUT2D eigenvalue weighted by molar-refractivity contribution is -0.146. The highest BCUT2D eigenvalue weighted by atomic mass is 16.5. The van der Waals surface area contributed by atoms with E-state index in [1.165, 1.54) is 0 Å². The number of hydrogen-bond donors (Lipinski definition) is 0. The first-order valence-electron chi connectivity index (χ1n) is 8.93. The third kappa shape index (κ3) is 2.38. The van der Waals surface area contributed by atoms with Crippen molar-refractivity contribution in [2.45, 2.75) is 50.1 Å². The molecule has 0 radical (unpaired) electrons. The first-order valence-corrected chi connectivity index (χ1v) is 8.93. The van der Waals surface area contributed by atoms with Gasteiger partial charge in [-0.15, -0.1) is 0 Å². The van der Waals surface area contributed by atoms with E-state index in [0.717, 1.165) is 50.8 Å². The molecule has 128 valence electrons. The first kappa shape index (κ1) is 15.5. The molecule has 0 N–H and O–H groups in total. The van der Waals surface area contributed by atoms with Gasteiger partial charge in [0.05, 0.1) is 7.11 Å². The maximum atomic E-state index is 13.2. The van der Waals surface area contributed by atoms with Crippen LogP contribution in [0.4, 0.5) is 0 Å². The number of hydrogen-bond acceptors (Lipinski definition) is 3. The van der Waals surface area contributed by atoms with E-state index in [9.17, 15) is 9.59 Å². The van der Waals surface area contributed by atoms with E-state index in [1.807, 2.05) is 9.80 Å². The van der Waals surface area contributed by atoms with Crippen LogP contribution in [0.5, 0.6) is 5.75 Å². The molecule has 0 aromatic heterocycles. The van der Waals surface area contributed by atoms with Gasteiger partial charge in [0.25, 0.3) is 5.91 Å². The minimum Gasteiger partial charge on any atom is -0.497 e. The highest BCUT2D eigenvalue weighted by molar-refractivity contribution is 6.00. The van der Waals surface area contributed by atoms with E-state index in [1.54, 1.807) is 31.4 Å². The van der Waals surface area contributed by atoms with Crippen LogP contribution in [-0.2, 0) is 4.79 Å². The minimum atomic E-state index is -0.599. The molecule has 1 spiro atoms. The molecule has 3 aliphatic rings. The second kappa shape index (κ2) is 5.80. The summed E-state index contributed by atoms with van der Waals surface area (Å²) in [5.74, 6) is 0.896. The topological polar surface area (TPSA) is 49.9 Å². The Hall–Kier alpha value is -2.04. The smallest absolute Gasteiger partial charge is 0.254 e. The van der Waals surface area contributed by atoms with Crippen molar-refractivity contribution in [2.24, 2.45) is 0 Å². The van der Waals surface area contributed by atoms with E-state index >= 15 is 0 Å². The van der Waals surface area contributed by atoms with Crippen molar-refractivity contribution in [2.75, 3.05) is 20.2 Å². The van der Waals surface area contributed by atoms with Crippen LogP contribution in [-0.4, -0.2) is 53.4 Å². The number of carbonyl (C=O) groups excluding carboxylic acids is 2. The number of methoxy groups -OCH3 is 1. The van der Waals surface area contributed by atoms with Crippen molar-refractivity contribution in [3.63, 3.8) is 0 Å². The Morgan fingerprint density at radius 3 is 2.42 bits per heavy atom. The summed E-state index contributed by atoms with van der Waals surface area (Å²) in [6.45, 7) is 1.53. The standard InChI is InChI=1S/C19H24N2O3/c1-24-16-8-4-14(5-9-16)17(22)21-13-3-11-19(21)10-2-12-20(18(19)23)15-6-7-15/h4-5,8-9,15H,2-3,6-7,10-13H2,1H3. The fourth-order valence-corrected chi connectivity index (χ4v) is 4.30. The van der Waals surface area contributed by atoms with E-state index in [4.69, 9.17) is 4.74 Å². The van der Waals surface area contributed by atoms with E-state index in [-0.39, 0.29) is 11.8 Å². The summed E-state index contributed by atoms with van der Waals surface area (Å²) in [7, 11) is 1.61. The summed E-state index contributed by atoms with van der Waals surface area (Å²) < 4.78 is 5.16. The summed E-state index contributed by atoms with van der Waals surface area (Å²) in [5.41, 5.74) is 0.0334. The lowest BCUT2D eigenvalue weighted by Crippen LogP contribution is -2.61. The Balaban J connectivity index is 1.61. The quantitative estimate of drug-likeness (QED) is 0.856. The number of rotatable bonds is 3. The van der Waals surface area contributed by atoms with Crippen molar-refractivity contribution >= 4 is 11.8 Å². The van der Waals surface area contributed by atoms with Gasteiger partial charge in [-0.2, -0.15) is 0 Å². The van der Waals surface area contributed by atoms with Gasteiger partial charge in [0.15, 0.2) is 0 Å². The van der Waals surface area contributed by atoms with Crippen LogP contribution in [0.25, 0.3) is 0 Å². The van der Waals surface area contributed by atoms with Gasteiger partial charge in [-0.25, -0.2) is 0 Å². The molecule has 0 bridgehead atoms. The maximum Gasteiger partial charge on any atom is 0.254 e. The molecule has 2 saturated heterocycles. The van der Waals surface area contributed by atoms with Gasteiger partial charge < -0.3 is 14.5 Å². The van der Waals surface area contributed by atoms with Crippen LogP contribution in [0.15, 0.2) is 24.3 Å². The summed E-state index contributed by atoms with van der Waals surface area (Å²) >= 11 is 0. The number of carbonyl (C=O) groups is 2. The molecule has 5 heteroatoms. The van der Waals surface area contributed by atoms with Gasteiger partial charge in [0.2, 0.25) is 5.91 Å². The van der Waals surface area contributed by atoms with Crippen molar-refractivity contribution in [3.8, 4) is 5.75 Å². The van der Waals surface area contributed by atoms with Crippen LogP contribution in [0.2, 0.25) is 0 Å². The number of likely N-dealkylation sites (tertiary alicyclic amines) is 2. The highest BCUT2D eigenvalue weighted by Gasteiger charge is 2.54. The third-order valence-electron chi connectivity index (χ3n) is 5.71. The zero-order valence-corrected chi connectivity index (χ0v) is 14.2. The van der Waals surface area contributed by atoms with Crippen LogP contribution >= 0.6 is 0 Å². The monoisotopic (exact) mass is 328 g/mol. The summed E-state index contributed by atoms with van der Waals surface area (Å²) in [4.78, 5) is 30.2. The van der Waals surface area contributed by atoms with E-state index < -0.39 is 5.54 Å². The van der Waals surface area contributed by atoms with Crippen molar-refractivity contribution in [1.29, 1.82) is 0 Å². The number of ether oxygens (including phenoxy) is 1.